The number of nitrogens with one attached hydrogen (secondary N) is 2. The lowest BCUT2D eigenvalue weighted by Gasteiger charge is -2.11. The fourth-order valence-electron chi connectivity index (χ4n) is 3.49. The second-order valence-electron chi connectivity index (χ2n) is 7.52. The molecule has 5 aromatic rings. The molecule has 8 nitrogen and oxygen atoms in total. The molecule has 5 rings (SSSR count). The minimum absolute atomic E-state index is 0.289. The summed E-state index contributed by atoms with van der Waals surface area (Å²) in [5.74, 6) is 1.44. The number of anilines is 3. The van der Waals surface area contributed by atoms with Gasteiger partial charge in [0.05, 0.1) is 22.8 Å². The summed E-state index contributed by atoms with van der Waals surface area (Å²) in [6.45, 7) is 0. The highest BCUT2D eigenvalue weighted by molar-refractivity contribution is 6.05. The van der Waals surface area contributed by atoms with Gasteiger partial charge in [-0.05, 0) is 60.7 Å². The summed E-state index contributed by atoms with van der Waals surface area (Å²) in [5.41, 5.74) is 3.04. The Labute approximate surface area is 200 Å². The number of pyridine rings is 3. The number of nitriles is 1. The van der Waals surface area contributed by atoms with Crippen molar-refractivity contribution in [2.24, 2.45) is 0 Å². The van der Waals surface area contributed by atoms with E-state index in [-0.39, 0.29) is 5.91 Å². The van der Waals surface area contributed by atoms with E-state index in [0.717, 1.165) is 16.6 Å². The average Bonchev–Trinajstić information content (AvgIpc) is 2.89. The molecule has 0 fully saturated rings. The minimum Gasteiger partial charge on any atom is -0.457 e. The number of benzene rings is 2. The summed E-state index contributed by atoms with van der Waals surface area (Å²) in [7, 11) is 0. The van der Waals surface area contributed by atoms with Gasteiger partial charge in [0, 0.05) is 47.5 Å². The van der Waals surface area contributed by atoms with E-state index in [2.05, 4.69) is 31.7 Å². The van der Waals surface area contributed by atoms with Gasteiger partial charge in [-0.2, -0.15) is 5.26 Å². The fraction of sp³-hybridized carbons (Fsp3) is 0. The monoisotopic (exact) mass is 458 g/mol. The second-order valence-corrected chi connectivity index (χ2v) is 7.52. The van der Waals surface area contributed by atoms with Crippen LogP contribution in [0.1, 0.15) is 15.9 Å². The molecule has 3 aromatic heterocycles. The summed E-state index contributed by atoms with van der Waals surface area (Å²) in [4.78, 5) is 25.6. The lowest BCUT2D eigenvalue weighted by atomic mass is 10.1. The van der Waals surface area contributed by atoms with Gasteiger partial charge in [0.2, 0.25) is 0 Å². The van der Waals surface area contributed by atoms with Gasteiger partial charge in [0.25, 0.3) is 5.91 Å². The van der Waals surface area contributed by atoms with Gasteiger partial charge in [0.15, 0.2) is 0 Å². The molecule has 0 aliphatic rings. The molecule has 0 bridgehead atoms. The molecule has 0 spiro atoms. The molecule has 0 saturated carbocycles. The fourth-order valence-corrected chi connectivity index (χ4v) is 3.49. The molecule has 0 radical (unpaired) electrons. The molecule has 35 heavy (non-hydrogen) atoms. The zero-order valence-electron chi connectivity index (χ0n) is 18.3. The zero-order chi connectivity index (χ0) is 24.0. The molecule has 0 saturated heterocycles. The Morgan fingerprint density at radius 1 is 0.857 bits per heavy atom. The van der Waals surface area contributed by atoms with Crippen molar-refractivity contribution in [2.45, 2.75) is 0 Å². The van der Waals surface area contributed by atoms with Crippen molar-refractivity contribution in [3.05, 3.63) is 109 Å². The standard InChI is InChI=1S/C27H18N6O2/c28-17-18-4-5-24-23(14-18)25(9-13-30-24)33-26-15-19(6-12-31-26)27(34)32-20-2-1-3-22(16-20)35-21-7-10-29-11-8-21/h1-16H,(H,32,34)(H,30,31,33). The summed E-state index contributed by atoms with van der Waals surface area (Å²) in [6, 6.07) is 23.2. The van der Waals surface area contributed by atoms with Crippen molar-refractivity contribution >= 4 is 34.0 Å². The number of carbonyl (C=O) groups is 1. The van der Waals surface area contributed by atoms with Gasteiger partial charge in [-0.3, -0.25) is 14.8 Å². The molecule has 1 amide bonds. The highest BCUT2D eigenvalue weighted by Crippen LogP contribution is 2.26. The van der Waals surface area contributed by atoms with Crippen LogP contribution in [0.15, 0.2) is 97.6 Å². The highest BCUT2D eigenvalue weighted by atomic mass is 16.5. The first kappa shape index (κ1) is 21.6. The van der Waals surface area contributed by atoms with Crippen molar-refractivity contribution < 1.29 is 9.53 Å². The van der Waals surface area contributed by atoms with Gasteiger partial charge in [-0.15, -0.1) is 0 Å². The number of hydrogen-bond acceptors (Lipinski definition) is 7. The Balaban J connectivity index is 1.33. The van der Waals surface area contributed by atoms with Crippen LogP contribution in [0.4, 0.5) is 17.2 Å². The molecule has 0 aliphatic heterocycles. The van der Waals surface area contributed by atoms with E-state index in [1.165, 1.54) is 0 Å². The minimum atomic E-state index is -0.289. The zero-order valence-corrected chi connectivity index (χ0v) is 18.3. The van der Waals surface area contributed by atoms with Crippen molar-refractivity contribution in [2.75, 3.05) is 10.6 Å². The van der Waals surface area contributed by atoms with Gasteiger partial charge < -0.3 is 15.4 Å². The Kier molecular flexibility index (Phi) is 5.96. The third-order valence-corrected chi connectivity index (χ3v) is 5.13. The normalized spacial score (nSPS) is 10.4. The van der Waals surface area contributed by atoms with Gasteiger partial charge >= 0.3 is 0 Å². The smallest absolute Gasteiger partial charge is 0.255 e. The predicted octanol–water partition coefficient (Wildman–Crippen LogP) is 5.68. The number of amides is 1. The average molecular weight is 458 g/mol. The first-order chi connectivity index (χ1) is 17.2. The summed E-state index contributed by atoms with van der Waals surface area (Å²) < 4.78 is 5.81. The molecule has 0 atom stereocenters. The molecular weight excluding hydrogens is 440 g/mol. The Morgan fingerprint density at radius 2 is 1.71 bits per heavy atom. The Bertz CT molecular complexity index is 1560. The number of carbonyl (C=O) groups excluding carboxylic acids is 1. The number of fused-ring (bicyclic) bond motifs is 1. The SMILES string of the molecule is N#Cc1ccc2nccc(Nc3cc(C(=O)Nc4cccc(Oc5ccncc5)c4)ccn3)c2c1. The third-order valence-electron chi connectivity index (χ3n) is 5.13. The molecule has 0 unspecified atom stereocenters. The maximum absolute atomic E-state index is 12.9. The topological polar surface area (TPSA) is 113 Å². The van der Waals surface area contributed by atoms with Crippen LogP contribution < -0.4 is 15.4 Å². The highest BCUT2D eigenvalue weighted by Gasteiger charge is 2.10. The van der Waals surface area contributed by atoms with Gasteiger partial charge in [-0.25, -0.2) is 4.98 Å². The van der Waals surface area contributed by atoms with Crippen LogP contribution in [0.5, 0.6) is 11.5 Å². The van der Waals surface area contributed by atoms with Crippen LogP contribution in [0.2, 0.25) is 0 Å². The Morgan fingerprint density at radius 3 is 2.57 bits per heavy atom. The first-order valence-corrected chi connectivity index (χ1v) is 10.7. The van der Waals surface area contributed by atoms with Crippen LogP contribution in [-0.2, 0) is 0 Å². The van der Waals surface area contributed by atoms with Crippen molar-refractivity contribution in [3.63, 3.8) is 0 Å². The van der Waals surface area contributed by atoms with Crippen molar-refractivity contribution in [3.8, 4) is 17.6 Å². The number of nitrogens with zero attached hydrogens (tertiary/aromatic N) is 4. The first-order valence-electron chi connectivity index (χ1n) is 10.7. The maximum Gasteiger partial charge on any atom is 0.255 e. The summed E-state index contributed by atoms with van der Waals surface area (Å²) in [6.07, 6.45) is 6.53. The lowest BCUT2D eigenvalue weighted by Crippen LogP contribution is -2.12. The van der Waals surface area contributed by atoms with Gasteiger partial charge in [-0.1, -0.05) is 6.07 Å². The molecule has 168 valence electrons. The van der Waals surface area contributed by atoms with E-state index in [9.17, 15) is 10.1 Å². The lowest BCUT2D eigenvalue weighted by molar-refractivity contribution is 0.102. The van der Waals surface area contributed by atoms with E-state index < -0.39 is 0 Å². The summed E-state index contributed by atoms with van der Waals surface area (Å²) >= 11 is 0. The molecular formula is C27H18N6O2. The van der Waals surface area contributed by atoms with Crippen molar-refractivity contribution in [1.29, 1.82) is 5.26 Å². The van der Waals surface area contributed by atoms with E-state index >= 15 is 0 Å². The van der Waals surface area contributed by atoms with Gasteiger partial charge in [0.1, 0.15) is 17.3 Å². The quantitative estimate of drug-likeness (QED) is 0.336. The van der Waals surface area contributed by atoms with E-state index in [1.54, 1.807) is 97.6 Å². The number of aromatic nitrogens is 3. The maximum atomic E-state index is 12.9. The van der Waals surface area contributed by atoms with Crippen LogP contribution in [0.25, 0.3) is 10.9 Å². The third kappa shape index (κ3) is 5.05. The van der Waals surface area contributed by atoms with E-state index in [4.69, 9.17) is 4.74 Å². The predicted molar refractivity (Wildman–Crippen MR) is 133 cm³/mol. The number of ether oxygens (including phenoxy) is 1. The number of rotatable bonds is 6. The molecule has 8 heteroatoms. The Hall–Kier alpha value is -5.29. The van der Waals surface area contributed by atoms with Crippen LogP contribution >= 0.6 is 0 Å². The van der Waals surface area contributed by atoms with Crippen LogP contribution in [-0.4, -0.2) is 20.9 Å². The van der Waals surface area contributed by atoms with Crippen LogP contribution in [0.3, 0.4) is 0 Å². The molecule has 3 heterocycles. The largest absolute Gasteiger partial charge is 0.457 e. The summed E-state index contributed by atoms with van der Waals surface area (Å²) in [5, 5.41) is 16.1. The van der Waals surface area contributed by atoms with Crippen LogP contribution in [0, 0.1) is 11.3 Å². The molecule has 2 aromatic carbocycles. The molecule has 0 aliphatic carbocycles. The molecule has 2 N–H and O–H groups in total. The number of hydrogen-bond donors (Lipinski definition) is 2. The van der Waals surface area contributed by atoms with Crippen molar-refractivity contribution in [1.82, 2.24) is 15.0 Å². The second kappa shape index (κ2) is 9.68. The van der Waals surface area contributed by atoms with E-state index in [0.29, 0.717) is 34.1 Å². The van der Waals surface area contributed by atoms with E-state index in [1.807, 2.05) is 0 Å².